The average Bonchev–Trinajstić information content (AvgIpc) is 2.92. The molecule has 0 aliphatic heterocycles. The Morgan fingerprint density at radius 1 is 1.20 bits per heavy atom. The third-order valence-electron chi connectivity index (χ3n) is 3.06. The van der Waals surface area contributed by atoms with Crippen LogP contribution >= 0.6 is 0 Å². The van der Waals surface area contributed by atoms with Crippen LogP contribution in [0.4, 0.5) is 11.6 Å². The molecule has 0 saturated heterocycles. The number of aryl methyl sites for hydroxylation is 1. The standard InChI is InChI=1S/C14H21N5O/c1-5-10-6-16-11(20-10)7-17-14-12(9(2)3)13(15-4)18-8-19-14/h6,8-9H,5,7H2,1-4H3,(H2,15,17,18,19). The zero-order valence-electron chi connectivity index (χ0n) is 12.4. The number of hydrogen-bond acceptors (Lipinski definition) is 6. The first-order valence-electron chi connectivity index (χ1n) is 6.85. The van der Waals surface area contributed by atoms with Crippen molar-refractivity contribution in [1.29, 1.82) is 0 Å². The quantitative estimate of drug-likeness (QED) is 0.844. The number of anilines is 2. The first-order valence-corrected chi connectivity index (χ1v) is 6.85. The molecule has 2 N–H and O–H groups in total. The number of hydrogen-bond donors (Lipinski definition) is 2. The van der Waals surface area contributed by atoms with Crippen molar-refractivity contribution in [3.05, 3.63) is 29.7 Å². The van der Waals surface area contributed by atoms with Gasteiger partial charge in [-0.15, -0.1) is 0 Å². The summed E-state index contributed by atoms with van der Waals surface area (Å²) in [6.07, 6.45) is 4.16. The molecule has 20 heavy (non-hydrogen) atoms. The number of rotatable bonds is 6. The minimum Gasteiger partial charge on any atom is -0.444 e. The lowest BCUT2D eigenvalue weighted by Crippen LogP contribution is -2.09. The van der Waals surface area contributed by atoms with Crippen LogP contribution in [-0.2, 0) is 13.0 Å². The van der Waals surface area contributed by atoms with Crippen LogP contribution in [0.15, 0.2) is 16.9 Å². The summed E-state index contributed by atoms with van der Waals surface area (Å²) in [5.41, 5.74) is 1.07. The van der Waals surface area contributed by atoms with Crippen molar-refractivity contribution in [2.75, 3.05) is 17.7 Å². The van der Waals surface area contributed by atoms with Gasteiger partial charge in [0.25, 0.3) is 0 Å². The van der Waals surface area contributed by atoms with E-state index in [4.69, 9.17) is 4.42 Å². The SMILES string of the molecule is CCc1cnc(CNc2ncnc(NC)c2C(C)C)o1. The van der Waals surface area contributed by atoms with Crippen LogP contribution in [0.2, 0.25) is 0 Å². The topological polar surface area (TPSA) is 75.9 Å². The molecule has 0 saturated carbocycles. The third kappa shape index (κ3) is 3.07. The number of nitrogens with zero attached hydrogens (tertiary/aromatic N) is 3. The lowest BCUT2D eigenvalue weighted by Gasteiger charge is -2.15. The van der Waals surface area contributed by atoms with Gasteiger partial charge < -0.3 is 15.1 Å². The van der Waals surface area contributed by atoms with Gasteiger partial charge in [-0.1, -0.05) is 20.8 Å². The van der Waals surface area contributed by atoms with Crippen molar-refractivity contribution in [2.24, 2.45) is 0 Å². The molecule has 2 rings (SSSR count). The highest BCUT2D eigenvalue weighted by molar-refractivity contribution is 5.58. The lowest BCUT2D eigenvalue weighted by atomic mass is 10.0. The minimum atomic E-state index is 0.317. The molecule has 6 heteroatoms. The predicted octanol–water partition coefficient (Wildman–Crippen LogP) is 2.80. The van der Waals surface area contributed by atoms with Crippen LogP contribution in [0.25, 0.3) is 0 Å². The van der Waals surface area contributed by atoms with Crippen LogP contribution in [0.5, 0.6) is 0 Å². The second kappa shape index (κ2) is 6.36. The van der Waals surface area contributed by atoms with Gasteiger partial charge >= 0.3 is 0 Å². The molecule has 2 heterocycles. The maximum Gasteiger partial charge on any atom is 0.213 e. The Morgan fingerprint density at radius 2 is 1.95 bits per heavy atom. The van der Waals surface area contributed by atoms with E-state index in [9.17, 15) is 0 Å². The molecule has 0 radical (unpaired) electrons. The summed E-state index contributed by atoms with van der Waals surface area (Å²) < 4.78 is 5.58. The zero-order valence-corrected chi connectivity index (χ0v) is 12.4. The van der Waals surface area contributed by atoms with Crippen LogP contribution in [0.1, 0.15) is 43.9 Å². The van der Waals surface area contributed by atoms with Crippen molar-refractivity contribution in [2.45, 2.75) is 39.7 Å². The normalized spacial score (nSPS) is 10.8. The van der Waals surface area contributed by atoms with Gasteiger partial charge in [0.15, 0.2) is 0 Å². The maximum absolute atomic E-state index is 5.58. The molecule has 0 atom stereocenters. The van der Waals surface area contributed by atoms with Gasteiger partial charge in [0.2, 0.25) is 5.89 Å². The van der Waals surface area contributed by atoms with Crippen molar-refractivity contribution in [1.82, 2.24) is 15.0 Å². The molecule has 6 nitrogen and oxygen atoms in total. The molecular weight excluding hydrogens is 254 g/mol. The van der Waals surface area contributed by atoms with Crippen LogP contribution in [0, 0.1) is 0 Å². The minimum absolute atomic E-state index is 0.317. The fourth-order valence-corrected chi connectivity index (χ4v) is 2.04. The van der Waals surface area contributed by atoms with E-state index in [2.05, 4.69) is 39.4 Å². The molecule has 2 aromatic heterocycles. The first-order chi connectivity index (χ1) is 9.65. The van der Waals surface area contributed by atoms with Gasteiger partial charge in [0.05, 0.1) is 12.7 Å². The first kappa shape index (κ1) is 14.3. The summed E-state index contributed by atoms with van der Waals surface area (Å²) in [7, 11) is 1.86. The van der Waals surface area contributed by atoms with E-state index in [0.29, 0.717) is 18.4 Å². The highest BCUT2D eigenvalue weighted by Crippen LogP contribution is 2.28. The maximum atomic E-state index is 5.58. The van der Waals surface area contributed by atoms with E-state index in [-0.39, 0.29) is 0 Å². The molecule has 0 bridgehead atoms. The van der Waals surface area contributed by atoms with E-state index in [1.54, 1.807) is 12.5 Å². The average molecular weight is 275 g/mol. The van der Waals surface area contributed by atoms with Crippen LogP contribution < -0.4 is 10.6 Å². The van der Waals surface area contributed by atoms with E-state index >= 15 is 0 Å². The summed E-state index contributed by atoms with van der Waals surface area (Å²) in [4.78, 5) is 12.8. The van der Waals surface area contributed by atoms with Crippen molar-refractivity contribution >= 4 is 11.6 Å². The summed E-state index contributed by atoms with van der Waals surface area (Å²) in [6.45, 7) is 6.79. The largest absolute Gasteiger partial charge is 0.444 e. The fourth-order valence-electron chi connectivity index (χ4n) is 2.04. The van der Waals surface area contributed by atoms with E-state index < -0.39 is 0 Å². The highest BCUT2D eigenvalue weighted by Gasteiger charge is 2.14. The van der Waals surface area contributed by atoms with Crippen molar-refractivity contribution < 1.29 is 4.42 Å². The van der Waals surface area contributed by atoms with Gasteiger partial charge in [-0.2, -0.15) is 0 Å². The molecule has 0 aliphatic rings. The number of aromatic nitrogens is 3. The van der Waals surface area contributed by atoms with E-state index in [1.807, 2.05) is 14.0 Å². The second-order valence-corrected chi connectivity index (χ2v) is 4.82. The Balaban J connectivity index is 2.16. The fraction of sp³-hybridized carbons (Fsp3) is 0.500. The van der Waals surface area contributed by atoms with Crippen LogP contribution in [0.3, 0.4) is 0 Å². The molecule has 108 valence electrons. The second-order valence-electron chi connectivity index (χ2n) is 4.82. The smallest absolute Gasteiger partial charge is 0.213 e. The molecule has 0 aliphatic carbocycles. The molecule has 0 unspecified atom stereocenters. The number of oxazole rings is 1. The summed E-state index contributed by atoms with van der Waals surface area (Å²) in [5, 5.41) is 6.37. The Kier molecular flexibility index (Phi) is 4.55. The monoisotopic (exact) mass is 275 g/mol. The molecule has 0 amide bonds. The predicted molar refractivity (Wildman–Crippen MR) is 78.9 cm³/mol. The van der Waals surface area contributed by atoms with Gasteiger partial charge in [0.1, 0.15) is 23.7 Å². The summed E-state index contributed by atoms with van der Waals surface area (Å²) in [6, 6.07) is 0. The van der Waals surface area contributed by atoms with E-state index in [1.165, 1.54) is 0 Å². The van der Waals surface area contributed by atoms with Crippen molar-refractivity contribution in [3.8, 4) is 0 Å². The third-order valence-corrected chi connectivity index (χ3v) is 3.06. The van der Waals surface area contributed by atoms with Crippen LogP contribution in [-0.4, -0.2) is 22.0 Å². The molecule has 0 fully saturated rings. The van der Waals surface area contributed by atoms with Gasteiger partial charge in [-0.25, -0.2) is 15.0 Å². The van der Waals surface area contributed by atoms with Gasteiger partial charge in [0, 0.05) is 19.0 Å². The molecule has 2 aromatic rings. The number of nitrogens with one attached hydrogen (secondary N) is 2. The Morgan fingerprint density at radius 3 is 2.55 bits per heavy atom. The Bertz CT molecular complexity index is 564. The molecule has 0 aromatic carbocycles. The zero-order chi connectivity index (χ0) is 14.5. The van der Waals surface area contributed by atoms with Gasteiger partial charge in [-0.3, -0.25) is 0 Å². The Labute approximate surface area is 119 Å². The van der Waals surface area contributed by atoms with Crippen molar-refractivity contribution in [3.63, 3.8) is 0 Å². The van der Waals surface area contributed by atoms with E-state index in [0.717, 1.165) is 29.4 Å². The molecule has 0 spiro atoms. The summed E-state index contributed by atoms with van der Waals surface area (Å²) >= 11 is 0. The lowest BCUT2D eigenvalue weighted by molar-refractivity contribution is 0.465. The van der Waals surface area contributed by atoms with Gasteiger partial charge in [-0.05, 0) is 5.92 Å². The molecular formula is C14H21N5O. The summed E-state index contributed by atoms with van der Waals surface area (Å²) in [5.74, 6) is 3.54. The Hall–Kier alpha value is -2.11. The highest BCUT2D eigenvalue weighted by atomic mass is 16.4.